The Morgan fingerprint density at radius 1 is 1.27 bits per heavy atom. The number of furan rings is 1. The van der Waals surface area contributed by atoms with E-state index in [0.29, 0.717) is 12.8 Å². The summed E-state index contributed by atoms with van der Waals surface area (Å²) in [5.74, 6) is -1.99. The number of rotatable bonds is 7. The number of aromatic hydroxyl groups is 2. The molecule has 0 spiro atoms. The Hall–Kier alpha value is -3.02. The maximum atomic E-state index is 12.9. The van der Waals surface area contributed by atoms with Crippen LogP contribution in [-0.2, 0) is 16.0 Å². The first-order valence-corrected chi connectivity index (χ1v) is 10.1. The van der Waals surface area contributed by atoms with Crippen LogP contribution in [0.4, 0.5) is 0 Å². The highest BCUT2D eigenvalue weighted by Crippen LogP contribution is 2.42. The summed E-state index contributed by atoms with van der Waals surface area (Å²) in [4.78, 5) is 25.4. The molecule has 1 aromatic carbocycles. The molecule has 160 valence electrons. The third kappa shape index (κ3) is 4.42. The fourth-order valence-corrected chi connectivity index (χ4v) is 3.99. The van der Waals surface area contributed by atoms with Gasteiger partial charge in [-0.25, -0.2) is 0 Å². The molecule has 0 amide bonds. The van der Waals surface area contributed by atoms with Gasteiger partial charge in [-0.3, -0.25) is 9.59 Å². The summed E-state index contributed by atoms with van der Waals surface area (Å²) in [5.41, 5.74) is 1.48. The van der Waals surface area contributed by atoms with Crippen molar-refractivity contribution in [2.45, 2.75) is 52.6 Å². The molecule has 2 aromatic rings. The minimum absolute atomic E-state index is 0.00957. The molecular formula is C24H28O6. The van der Waals surface area contributed by atoms with E-state index in [0.717, 1.165) is 29.4 Å². The number of phenols is 2. The van der Waals surface area contributed by atoms with Crippen LogP contribution < -0.4 is 0 Å². The van der Waals surface area contributed by atoms with Gasteiger partial charge in [0.1, 0.15) is 28.8 Å². The highest BCUT2D eigenvalue weighted by Gasteiger charge is 2.53. The lowest BCUT2D eigenvalue weighted by Crippen LogP contribution is -2.33. The van der Waals surface area contributed by atoms with E-state index in [1.807, 2.05) is 33.8 Å². The molecule has 1 aliphatic heterocycles. The van der Waals surface area contributed by atoms with E-state index in [2.05, 4.69) is 6.08 Å². The summed E-state index contributed by atoms with van der Waals surface area (Å²) in [6, 6.07) is 5.73. The fraction of sp³-hybridized carbons (Fsp3) is 0.417. The number of carbonyl (C=O) groups is 2. The van der Waals surface area contributed by atoms with Gasteiger partial charge in [0, 0.05) is 18.4 Å². The Balaban J connectivity index is 1.67. The van der Waals surface area contributed by atoms with E-state index in [-0.39, 0.29) is 23.0 Å². The number of phenolic OH excluding ortho intramolecular Hbond substituents is 2. The molecule has 0 bridgehead atoms. The summed E-state index contributed by atoms with van der Waals surface area (Å²) in [6.45, 7) is 7.69. The number of benzene rings is 1. The number of cyclic esters (lactones) is 1. The number of ether oxygens (including phenoxy) is 1. The van der Waals surface area contributed by atoms with Gasteiger partial charge in [-0.1, -0.05) is 18.6 Å². The standard InChI is InChI=1S/C24H28O6/c1-14(10-18-11-15(2)13-29-18)6-5-9-24(4)16(3)21(23(28)30-24)22(27)19-8-7-17(25)12-20(19)26/h6-8,11-13,16,21,25-26H,5,9-10H2,1-4H3/t16-,21+,24-/m0/s1. The number of aryl methyl sites for hydroxylation is 1. The number of allylic oxidation sites excluding steroid dienone is 2. The molecule has 6 heteroatoms. The van der Waals surface area contributed by atoms with Crippen LogP contribution in [0.25, 0.3) is 0 Å². The number of carbonyl (C=O) groups excluding carboxylic acids is 2. The zero-order chi connectivity index (χ0) is 22.1. The second kappa shape index (κ2) is 8.38. The number of esters is 1. The first-order chi connectivity index (χ1) is 14.1. The van der Waals surface area contributed by atoms with Crippen molar-refractivity contribution in [1.29, 1.82) is 0 Å². The molecule has 6 nitrogen and oxygen atoms in total. The van der Waals surface area contributed by atoms with Crippen molar-refractivity contribution in [3.05, 3.63) is 59.1 Å². The van der Waals surface area contributed by atoms with Gasteiger partial charge >= 0.3 is 5.97 Å². The summed E-state index contributed by atoms with van der Waals surface area (Å²) in [5, 5.41) is 19.4. The number of hydrogen-bond acceptors (Lipinski definition) is 6. The normalized spacial score (nSPS) is 24.1. The number of ketones is 1. The third-order valence-electron chi connectivity index (χ3n) is 5.95. The van der Waals surface area contributed by atoms with Crippen LogP contribution in [-0.4, -0.2) is 27.6 Å². The minimum Gasteiger partial charge on any atom is -0.508 e. The second-order valence-electron chi connectivity index (χ2n) is 8.42. The Kier molecular flexibility index (Phi) is 6.06. The summed E-state index contributed by atoms with van der Waals surface area (Å²) >= 11 is 0. The minimum atomic E-state index is -0.985. The van der Waals surface area contributed by atoms with Crippen molar-refractivity contribution in [3.8, 4) is 11.5 Å². The largest absolute Gasteiger partial charge is 0.508 e. The number of Topliss-reactive ketones (excluding diaryl/α,β-unsaturated/α-hetero) is 1. The first kappa shape index (κ1) is 21.7. The lowest BCUT2D eigenvalue weighted by molar-refractivity contribution is -0.149. The lowest BCUT2D eigenvalue weighted by atomic mass is 9.77. The Labute approximate surface area is 176 Å². The van der Waals surface area contributed by atoms with Crippen molar-refractivity contribution in [3.63, 3.8) is 0 Å². The van der Waals surface area contributed by atoms with Gasteiger partial charge in [-0.2, -0.15) is 0 Å². The SMILES string of the molecule is CC(=CCC[C@]1(C)OC(=O)[C@@H](C(=O)c2ccc(O)cc2O)[C@@H]1C)Cc1cc(C)co1. The van der Waals surface area contributed by atoms with E-state index < -0.39 is 23.3 Å². The molecule has 3 rings (SSSR count). The zero-order valence-corrected chi connectivity index (χ0v) is 17.8. The van der Waals surface area contributed by atoms with Gasteiger partial charge in [0.2, 0.25) is 0 Å². The summed E-state index contributed by atoms with van der Waals surface area (Å²) < 4.78 is 11.1. The molecule has 0 radical (unpaired) electrons. The average molecular weight is 412 g/mol. The van der Waals surface area contributed by atoms with Crippen LogP contribution in [0.5, 0.6) is 11.5 Å². The monoisotopic (exact) mass is 412 g/mol. The van der Waals surface area contributed by atoms with Crippen molar-refractivity contribution in [2.75, 3.05) is 0 Å². The quantitative estimate of drug-likeness (QED) is 0.296. The van der Waals surface area contributed by atoms with Crippen molar-refractivity contribution in [2.24, 2.45) is 11.8 Å². The van der Waals surface area contributed by atoms with E-state index in [1.165, 1.54) is 12.1 Å². The molecular weight excluding hydrogens is 384 g/mol. The average Bonchev–Trinajstić information content (AvgIpc) is 3.15. The van der Waals surface area contributed by atoms with Crippen LogP contribution in [0.3, 0.4) is 0 Å². The van der Waals surface area contributed by atoms with Gasteiger partial charge in [-0.15, -0.1) is 0 Å². The molecule has 0 aliphatic carbocycles. The summed E-state index contributed by atoms with van der Waals surface area (Å²) in [6.07, 6.45) is 5.84. The molecule has 0 saturated carbocycles. The smallest absolute Gasteiger partial charge is 0.317 e. The van der Waals surface area contributed by atoms with E-state index >= 15 is 0 Å². The molecule has 1 saturated heterocycles. The van der Waals surface area contributed by atoms with E-state index in [9.17, 15) is 19.8 Å². The van der Waals surface area contributed by atoms with Crippen molar-refractivity contribution >= 4 is 11.8 Å². The fourth-order valence-electron chi connectivity index (χ4n) is 3.99. The predicted molar refractivity (Wildman–Crippen MR) is 111 cm³/mol. The third-order valence-corrected chi connectivity index (χ3v) is 5.95. The molecule has 2 heterocycles. The zero-order valence-electron chi connectivity index (χ0n) is 17.8. The molecule has 0 unspecified atom stereocenters. The van der Waals surface area contributed by atoms with E-state index in [1.54, 1.807) is 6.26 Å². The predicted octanol–water partition coefficient (Wildman–Crippen LogP) is 4.72. The topological polar surface area (TPSA) is 97.0 Å². The van der Waals surface area contributed by atoms with Crippen LogP contribution in [0, 0.1) is 18.8 Å². The van der Waals surface area contributed by atoms with Gasteiger partial charge < -0.3 is 19.4 Å². The highest BCUT2D eigenvalue weighted by molar-refractivity contribution is 6.11. The molecule has 1 fully saturated rings. The lowest BCUT2D eigenvalue weighted by Gasteiger charge is -2.27. The van der Waals surface area contributed by atoms with Crippen molar-refractivity contribution < 1.29 is 29.0 Å². The van der Waals surface area contributed by atoms with Crippen LogP contribution >= 0.6 is 0 Å². The van der Waals surface area contributed by atoms with Gasteiger partial charge in [-0.05, 0) is 57.4 Å². The van der Waals surface area contributed by atoms with Crippen molar-refractivity contribution in [1.82, 2.24) is 0 Å². The molecule has 2 N–H and O–H groups in total. The van der Waals surface area contributed by atoms with Crippen LogP contribution in [0.1, 0.15) is 55.3 Å². The molecule has 3 atom stereocenters. The van der Waals surface area contributed by atoms with Gasteiger partial charge in [0.25, 0.3) is 0 Å². The molecule has 30 heavy (non-hydrogen) atoms. The Morgan fingerprint density at radius 2 is 2.00 bits per heavy atom. The summed E-state index contributed by atoms with van der Waals surface area (Å²) in [7, 11) is 0. The van der Waals surface area contributed by atoms with E-state index in [4.69, 9.17) is 9.15 Å². The highest BCUT2D eigenvalue weighted by atomic mass is 16.6. The first-order valence-electron chi connectivity index (χ1n) is 10.1. The maximum absolute atomic E-state index is 12.9. The van der Waals surface area contributed by atoms with Crippen LogP contribution in [0.2, 0.25) is 0 Å². The van der Waals surface area contributed by atoms with Gasteiger partial charge in [0.05, 0.1) is 11.8 Å². The van der Waals surface area contributed by atoms with Crippen LogP contribution in [0.15, 0.2) is 46.6 Å². The second-order valence-corrected chi connectivity index (χ2v) is 8.42. The number of hydrogen-bond donors (Lipinski definition) is 2. The maximum Gasteiger partial charge on any atom is 0.317 e. The Morgan fingerprint density at radius 3 is 2.63 bits per heavy atom. The molecule has 1 aliphatic rings. The Bertz CT molecular complexity index is 985. The molecule has 1 aromatic heterocycles. The van der Waals surface area contributed by atoms with Gasteiger partial charge in [0.15, 0.2) is 5.78 Å².